The molecule has 1 heterocycles. The predicted molar refractivity (Wildman–Crippen MR) is 261 cm³/mol. The molecular weight excluding hydrogens is 809 g/mol. The van der Waals surface area contributed by atoms with Crippen LogP contribution in [0.15, 0.2) is 48.6 Å². The molecule has 1 saturated heterocycles. The highest BCUT2D eigenvalue weighted by Gasteiger charge is 2.35. The van der Waals surface area contributed by atoms with Gasteiger partial charge >= 0.3 is 11.9 Å². The molecular formula is C53H94N2O9. The summed E-state index contributed by atoms with van der Waals surface area (Å²) < 4.78 is 33.5. The van der Waals surface area contributed by atoms with Crippen molar-refractivity contribution in [2.45, 2.75) is 199 Å². The fourth-order valence-electron chi connectivity index (χ4n) is 7.56. The Morgan fingerprint density at radius 2 is 0.875 bits per heavy atom. The molecule has 1 amide bonds. The molecule has 1 N–H and O–H groups in total. The van der Waals surface area contributed by atoms with Gasteiger partial charge in [0.2, 0.25) is 5.91 Å². The third-order valence-electron chi connectivity index (χ3n) is 11.3. The Balaban J connectivity index is 2.47. The maximum Gasteiger partial charge on any atom is 0.307 e. The Morgan fingerprint density at radius 1 is 0.500 bits per heavy atom. The lowest BCUT2D eigenvalue weighted by molar-refractivity contribution is -0.146. The SMILES string of the molecule is CCCCC/C=C\C/C=C\CCCCCCCCOC(=O)CC(CC(=O)OCCCCCCCC/C=C\C/C=C\CCCCC)NC(=O)CN1C[C@H](OCCOC)[C@H](OCCOC)C1. The summed E-state index contributed by atoms with van der Waals surface area (Å²) >= 11 is 0. The number of nitrogens with one attached hydrogen (secondary N) is 1. The minimum absolute atomic E-state index is 0.0779. The van der Waals surface area contributed by atoms with E-state index < -0.39 is 18.0 Å². The number of methoxy groups -OCH3 is 2. The number of likely N-dealkylation sites (tertiary alicyclic amines) is 1. The molecule has 0 bridgehead atoms. The third kappa shape index (κ3) is 37.4. The Bertz CT molecular complexity index is 1140. The maximum atomic E-state index is 13.4. The van der Waals surface area contributed by atoms with E-state index in [0.717, 1.165) is 64.2 Å². The van der Waals surface area contributed by atoms with Crippen LogP contribution >= 0.6 is 0 Å². The van der Waals surface area contributed by atoms with E-state index in [4.69, 9.17) is 28.4 Å². The summed E-state index contributed by atoms with van der Waals surface area (Å²) in [7, 11) is 3.25. The van der Waals surface area contributed by atoms with Crippen molar-refractivity contribution in [1.29, 1.82) is 0 Å². The summed E-state index contributed by atoms with van der Waals surface area (Å²) in [6, 6.07) is -0.732. The van der Waals surface area contributed by atoms with Gasteiger partial charge in [-0.3, -0.25) is 19.3 Å². The van der Waals surface area contributed by atoms with E-state index in [0.29, 0.717) is 52.7 Å². The summed E-state index contributed by atoms with van der Waals surface area (Å²) in [5.74, 6) is -1.13. The second kappa shape index (κ2) is 45.3. The van der Waals surface area contributed by atoms with Crippen molar-refractivity contribution in [2.75, 3.05) is 73.5 Å². The number of allylic oxidation sites excluding steroid dienone is 8. The molecule has 0 radical (unpaired) electrons. The van der Waals surface area contributed by atoms with Gasteiger partial charge in [0.15, 0.2) is 0 Å². The zero-order valence-corrected chi connectivity index (χ0v) is 41.2. The number of esters is 2. The second-order valence-corrected chi connectivity index (χ2v) is 17.3. The molecule has 1 aliphatic heterocycles. The van der Waals surface area contributed by atoms with Crippen molar-refractivity contribution in [3.8, 4) is 0 Å². The van der Waals surface area contributed by atoms with Crippen molar-refractivity contribution in [3.05, 3.63) is 48.6 Å². The van der Waals surface area contributed by atoms with Crippen LogP contribution in [0.3, 0.4) is 0 Å². The number of carbonyl (C=O) groups is 3. The normalized spacial score (nSPS) is 15.8. The minimum Gasteiger partial charge on any atom is -0.466 e. The molecule has 1 rings (SSSR count). The number of hydrogen-bond acceptors (Lipinski definition) is 10. The fourth-order valence-corrected chi connectivity index (χ4v) is 7.56. The quantitative estimate of drug-likeness (QED) is 0.0359. The van der Waals surface area contributed by atoms with Gasteiger partial charge in [0.1, 0.15) is 0 Å². The molecule has 64 heavy (non-hydrogen) atoms. The van der Waals surface area contributed by atoms with E-state index in [9.17, 15) is 14.4 Å². The van der Waals surface area contributed by atoms with Gasteiger partial charge in [-0.1, -0.05) is 140 Å². The maximum absolute atomic E-state index is 13.4. The van der Waals surface area contributed by atoms with Crippen molar-refractivity contribution in [2.24, 2.45) is 0 Å². The van der Waals surface area contributed by atoms with Crippen LogP contribution in [0, 0.1) is 0 Å². The average molecular weight is 903 g/mol. The van der Waals surface area contributed by atoms with E-state index in [1.54, 1.807) is 14.2 Å². The molecule has 370 valence electrons. The highest BCUT2D eigenvalue weighted by atomic mass is 16.6. The topological polar surface area (TPSA) is 122 Å². The zero-order chi connectivity index (χ0) is 46.4. The summed E-state index contributed by atoms with van der Waals surface area (Å²) in [5, 5.41) is 2.94. The van der Waals surface area contributed by atoms with Gasteiger partial charge in [-0.05, 0) is 77.0 Å². The second-order valence-electron chi connectivity index (χ2n) is 17.3. The number of nitrogens with zero attached hydrogens (tertiary/aromatic N) is 1. The van der Waals surface area contributed by atoms with Crippen LogP contribution in [-0.2, 0) is 42.8 Å². The molecule has 0 spiro atoms. The van der Waals surface area contributed by atoms with Gasteiger partial charge in [0, 0.05) is 33.4 Å². The van der Waals surface area contributed by atoms with E-state index in [2.05, 4.69) is 67.8 Å². The molecule has 11 nitrogen and oxygen atoms in total. The smallest absolute Gasteiger partial charge is 0.307 e. The minimum atomic E-state index is -0.732. The third-order valence-corrected chi connectivity index (χ3v) is 11.3. The molecule has 0 saturated carbocycles. The van der Waals surface area contributed by atoms with Gasteiger partial charge < -0.3 is 33.7 Å². The number of hydrogen-bond donors (Lipinski definition) is 1. The highest BCUT2D eigenvalue weighted by molar-refractivity contribution is 5.81. The van der Waals surface area contributed by atoms with Crippen molar-refractivity contribution >= 4 is 17.8 Å². The standard InChI is InChI=1S/C53H94N2O9/c1-5-7-9-11-13-15-17-19-21-23-25-27-29-31-33-35-37-63-52(57)43-48(54-51(56)47-55-45-49(61-41-39-59-3)50(46-55)62-42-40-60-4)44-53(58)64-38-36-34-32-30-28-26-24-22-20-18-16-14-12-10-8-6-2/h13-16,19-22,48-50H,5-12,17-18,23-47H2,1-4H3,(H,54,56)/b15-13-,16-14-,21-19-,22-20-/t49-,50+. The zero-order valence-electron chi connectivity index (χ0n) is 41.2. The lowest BCUT2D eigenvalue weighted by Gasteiger charge is -2.20. The lowest BCUT2D eigenvalue weighted by Crippen LogP contribution is -2.44. The first kappa shape index (κ1) is 59.2. The van der Waals surface area contributed by atoms with Gasteiger partial charge in [-0.2, -0.15) is 0 Å². The lowest BCUT2D eigenvalue weighted by atomic mass is 10.1. The summed E-state index contributed by atoms with van der Waals surface area (Å²) in [6.07, 6.45) is 44.9. The van der Waals surface area contributed by atoms with E-state index in [-0.39, 0.29) is 37.5 Å². The number of rotatable bonds is 45. The molecule has 2 atom stereocenters. The van der Waals surface area contributed by atoms with E-state index >= 15 is 0 Å². The summed E-state index contributed by atoms with van der Waals surface area (Å²) in [6.45, 7) is 7.98. The summed E-state index contributed by atoms with van der Waals surface area (Å²) in [4.78, 5) is 41.3. The van der Waals surface area contributed by atoms with E-state index in [1.807, 2.05) is 4.90 Å². The Morgan fingerprint density at radius 3 is 1.27 bits per heavy atom. The first-order valence-electron chi connectivity index (χ1n) is 25.6. The molecule has 0 aromatic heterocycles. The molecule has 0 aliphatic carbocycles. The van der Waals surface area contributed by atoms with Crippen molar-refractivity contribution < 1.29 is 42.8 Å². The first-order chi connectivity index (χ1) is 31.4. The summed E-state index contributed by atoms with van der Waals surface area (Å²) in [5.41, 5.74) is 0. The van der Waals surface area contributed by atoms with Crippen LogP contribution in [0.25, 0.3) is 0 Å². The average Bonchev–Trinajstić information content (AvgIpc) is 3.65. The molecule has 1 fully saturated rings. The van der Waals surface area contributed by atoms with Crippen LogP contribution in [0.5, 0.6) is 0 Å². The molecule has 1 aliphatic rings. The largest absolute Gasteiger partial charge is 0.466 e. The monoisotopic (exact) mass is 903 g/mol. The Kier molecular flexibility index (Phi) is 41.9. The number of amides is 1. The van der Waals surface area contributed by atoms with Gasteiger partial charge in [0.05, 0.1) is 71.2 Å². The fraction of sp³-hybridized carbons (Fsp3) is 0.792. The van der Waals surface area contributed by atoms with Crippen LogP contribution in [0.4, 0.5) is 0 Å². The Labute approximate surface area is 390 Å². The van der Waals surface area contributed by atoms with Crippen LogP contribution in [-0.4, -0.2) is 114 Å². The molecule has 0 aromatic carbocycles. The molecule has 0 unspecified atom stereocenters. The number of unbranched alkanes of at least 4 members (excludes halogenated alkanes) is 18. The predicted octanol–water partition coefficient (Wildman–Crippen LogP) is 11.3. The Hall–Kier alpha value is -2.83. The van der Waals surface area contributed by atoms with Gasteiger partial charge in [-0.25, -0.2) is 0 Å². The first-order valence-corrected chi connectivity index (χ1v) is 25.6. The van der Waals surface area contributed by atoms with Crippen molar-refractivity contribution in [1.82, 2.24) is 10.2 Å². The van der Waals surface area contributed by atoms with Crippen LogP contribution in [0.2, 0.25) is 0 Å². The highest BCUT2D eigenvalue weighted by Crippen LogP contribution is 2.18. The van der Waals surface area contributed by atoms with Gasteiger partial charge in [0.25, 0.3) is 0 Å². The molecule has 0 aromatic rings. The van der Waals surface area contributed by atoms with Gasteiger partial charge in [-0.15, -0.1) is 0 Å². The van der Waals surface area contributed by atoms with Crippen LogP contribution in [0.1, 0.15) is 181 Å². The van der Waals surface area contributed by atoms with E-state index in [1.165, 1.54) is 89.9 Å². The number of carbonyl (C=O) groups excluding carboxylic acids is 3. The number of ether oxygens (including phenoxy) is 6. The van der Waals surface area contributed by atoms with Crippen molar-refractivity contribution in [3.63, 3.8) is 0 Å². The van der Waals surface area contributed by atoms with Crippen LogP contribution < -0.4 is 5.32 Å². The molecule has 11 heteroatoms.